The number of aryl methyl sites for hydroxylation is 1. The molecule has 0 bridgehead atoms. The number of fused-ring (bicyclic) bond motifs is 1. The lowest BCUT2D eigenvalue weighted by molar-refractivity contribution is -0.117. The first kappa shape index (κ1) is 13.9. The first-order valence-corrected chi connectivity index (χ1v) is 7.19. The van der Waals surface area contributed by atoms with Gasteiger partial charge in [-0.1, -0.05) is 18.2 Å². The molecule has 1 aliphatic heterocycles. The number of anilines is 1. The third-order valence-corrected chi connectivity index (χ3v) is 4.13. The number of hydrogen-bond acceptors (Lipinski definition) is 2. The second kappa shape index (κ2) is 5.07. The highest BCUT2D eigenvalue weighted by Gasteiger charge is 2.33. The molecule has 1 aliphatic rings. The number of imide groups is 1. The molecule has 0 radical (unpaired) electrons. The second-order valence-electron chi connectivity index (χ2n) is 4.92. The summed E-state index contributed by atoms with van der Waals surface area (Å²) in [5, 5.41) is 0. The van der Waals surface area contributed by atoms with Crippen molar-refractivity contribution in [2.75, 3.05) is 4.90 Å². The van der Waals surface area contributed by atoms with Gasteiger partial charge in [0.25, 0.3) is 5.91 Å². The van der Waals surface area contributed by atoms with E-state index in [9.17, 15) is 14.0 Å². The lowest BCUT2D eigenvalue weighted by Gasteiger charge is -2.28. The molecule has 0 fully saturated rings. The highest BCUT2D eigenvalue weighted by atomic mass is 79.9. The van der Waals surface area contributed by atoms with Crippen LogP contribution in [0.15, 0.2) is 40.9 Å². The molecule has 0 saturated heterocycles. The van der Waals surface area contributed by atoms with E-state index >= 15 is 0 Å². The fraction of sp³-hybridized carbons (Fsp3) is 0.125. The molecule has 1 heterocycles. The molecule has 2 aromatic rings. The van der Waals surface area contributed by atoms with Gasteiger partial charge in [-0.05, 0) is 52.2 Å². The van der Waals surface area contributed by atoms with Gasteiger partial charge in [-0.25, -0.2) is 9.29 Å². The first-order chi connectivity index (χ1) is 9.99. The number of rotatable bonds is 1. The molecule has 3 rings (SSSR count). The lowest BCUT2D eigenvalue weighted by atomic mass is 9.97. The van der Waals surface area contributed by atoms with Gasteiger partial charge < -0.3 is 0 Å². The number of halogens is 2. The van der Waals surface area contributed by atoms with Crippen molar-refractivity contribution in [2.24, 2.45) is 0 Å². The number of hydrogen-bond donors (Lipinski definition) is 0. The monoisotopic (exact) mass is 347 g/mol. The number of amides is 2. The van der Waals surface area contributed by atoms with Crippen LogP contribution in [-0.2, 0) is 11.2 Å². The Morgan fingerprint density at radius 1 is 1.19 bits per heavy atom. The molecule has 0 aromatic heterocycles. The predicted octanol–water partition coefficient (Wildman–Crippen LogP) is 3.63. The zero-order valence-electron chi connectivity index (χ0n) is 11.2. The molecule has 0 spiro atoms. The number of carbonyl (C=O) groups is 2. The van der Waals surface area contributed by atoms with E-state index in [0.29, 0.717) is 26.9 Å². The minimum Gasteiger partial charge on any atom is -0.274 e. The van der Waals surface area contributed by atoms with Crippen molar-refractivity contribution in [3.8, 4) is 0 Å². The predicted molar refractivity (Wildman–Crippen MR) is 80.8 cm³/mol. The van der Waals surface area contributed by atoms with E-state index in [1.54, 1.807) is 37.3 Å². The minimum atomic E-state index is -0.505. The van der Waals surface area contributed by atoms with Crippen LogP contribution in [0.4, 0.5) is 10.1 Å². The van der Waals surface area contributed by atoms with Gasteiger partial charge in [0.2, 0.25) is 5.91 Å². The lowest BCUT2D eigenvalue weighted by Crippen LogP contribution is -2.42. The van der Waals surface area contributed by atoms with E-state index in [1.165, 1.54) is 6.07 Å². The smallest absolute Gasteiger partial charge is 0.265 e. The maximum atomic E-state index is 13.8. The van der Waals surface area contributed by atoms with Crippen molar-refractivity contribution < 1.29 is 14.0 Å². The largest absolute Gasteiger partial charge is 0.274 e. The quantitative estimate of drug-likeness (QED) is 0.738. The fourth-order valence-corrected chi connectivity index (χ4v) is 2.94. The highest BCUT2D eigenvalue weighted by molar-refractivity contribution is 9.10. The van der Waals surface area contributed by atoms with Gasteiger partial charge in [-0.15, -0.1) is 0 Å². The van der Waals surface area contributed by atoms with Crippen molar-refractivity contribution in [3.63, 3.8) is 0 Å². The van der Waals surface area contributed by atoms with E-state index in [0.717, 1.165) is 4.90 Å². The summed E-state index contributed by atoms with van der Waals surface area (Å²) >= 11 is 3.10. The molecular formula is C16H11BrFNO2. The summed E-state index contributed by atoms with van der Waals surface area (Å²) in [5.41, 5.74) is 2.14. The molecule has 106 valence electrons. The molecule has 0 N–H and O–H groups in total. The zero-order chi connectivity index (χ0) is 15.1. The van der Waals surface area contributed by atoms with Crippen molar-refractivity contribution >= 4 is 33.4 Å². The Balaban J connectivity index is 2.14. The molecule has 0 atom stereocenters. The van der Waals surface area contributed by atoms with E-state index in [2.05, 4.69) is 15.9 Å². The topological polar surface area (TPSA) is 37.4 Å². The van der Waals surface area contributed by atoms with Crippen LogP contribution < -0.4 is 4.90 Å². The zero-order valence-corrected chi connectivity index (χ0v) is 12.8. The Morgan fingerprint density at radius 3 is 2.67 bits per heavy atom. The molecule has 0 aliphatic carbocycles. The summed E-state index contributed by atoms with van der Waals surface area (Å²) < 4.78 is 14.1. The van der Waals surface area contributed by atoms with Crippen LogP contribution in [-0.4, -0.2) is 11.8 Å². The summed E-state index contributed by atoms with van der Waals surface area (Å²) in [6.07, 6.45) is 0.138. The maximum Gasteiger partial charge on any atom is 0.265 e. The Morgan fingerprint density at radius 2 is 1.90 bits per heavy atom. The third kappa shape index (κ3) is 2.27. The standard InChI is InChI=1S/C16H11BrFNO2/c1-9-6-12(17)13(18)8-14(9)19-15(20)7-10-4-2-3-5-11(10)16(19)21/h2-6,8H,7H2,1H3. The molecule has 2 amide bonds. The summed E-state index contributed by atoms with van der Waals surface area (Å²) in [6.45, 7) is 1.74. The number of benzene rings is 2. The van der Waals surface area contributed by atoms with Crippen LogP contribution in [0.3, 0.4) is 0 Å². The van der Waals surface area contributed by atoms with E-state index < -0.39 is 11.7 Å². The van der Waals surface area contributed by atoms with Gasteiger partial charge in [0.1, 0.15) is 5.82 Å². The Bertz CT molecular complexity index is 773. The molecular weight excluding hydrogens is 337 g/mol. The van der Waals surface area contributed by atoms with Gasteiger partial charge in [0.05, 0.1) is 16.6 Å². The average Bonchev–Trinajstić information content (AvgIpc) is 2.44. The van der Waals surface area contributed by atoms with Crippen LogP contribution in [0.5, 0.6) is 0 Å². The molecule has 5 heteroatoms. The minimum absolute atomic E-state index is 0.138. The summed E-state index contributed by atoms with van der Waals surface area (Å²) in [5.74, 6) is -1.26. The Hall–Kier alpha value is -2.01. The van der Waals surface area contributed by atoms with E-state index in [1.807, 2.05) is 0 Å². The van der Waals surface area contributed by atoms with Crippen LogP contribution in [0.2, 0.25) is 0 Å². The molecule has 0 saturated carbocycles. The summed E-state index contributed by atoms with van der Waals surface area (Å²) in [7, 11) is 0. The Kier molecular flexibility index (Phi) is 3.37. The van der Waals surface area contributed by atoms with Crippen molar-refractivity contribution in [3.05, 3.63) is 63.4 Å². The van der Waals surface area contributed by atoms with Gasteiger partial charge >= 0.3 is 0 Å². The number of carbonyl (C=O) groups excluding carboxylic acids is 2. The SMILES string of the molecule is Cc1cc(Br)c(F)cc1N1C(=O)Cc2ccccc2C1=O. The Labute approximate surface area is 129 Å². The average molecular weight is 348 g/mol. The van der Waals surface area contributed by atoms with Gasteiger partial charge in [-0.2, -0.15) is 0 Å². The van der Waals surface area contributed by atoms with Crippen LogP contribution >= 0.6 is 15.9 Å². The number of nitrogens with zero attached hydrogens (tertiary/aromatic N) is 1. The summed E-state index contributed by atoms with van der Waals surface area (Å²) in [6, 6.07) is 9.76. The van der Waals surface area contributed by atoms with E-state index in [4.69, 9.17) is 0 Å². The fourth-order valence-electron chi connectivity index (χ4n) is 2.48. The van der Waals surface area contributed by atoms with Crippen molar-refractivity contribution in [1.82, 2.24) is 0 Å². The molecule has 21 heavy (non-hydrogen) atoms. The highest BCUT2D eigenvalue weighted by Crippen LogP contribution is 2.31. The summed E-state index contributed by atoms with van der Waals surface area (Å²) in [4.78, 5) is 25.9. The third-order valence-electron chi connectivity index (χ3n) is 3.52. The molecule has 0 unspecified atom stereocenters. The van der Waals surface area contributed by atoms with Crippen LogP contribution in [0.25, 0.3) is 0 Å². The van der Waals surface area contributed by atoms with Gasteiger partial charge in [0, 0.05) is 5.56 Å². The van der Waals surface area contributed by atoms with Crippen LogP contribution in [0.1, 0.15) is 21.5 Å². The van der Waals surface area contributed by atoms with Crippen molar-refractivity contribution in [2.45, 2.75) is 13.3 Å². The van der Waals surface area contributed by atoms with Crippen molar-refractivity contribution in [1.29, 1.82) is 0 Å². The molecule has 3 nitrogen and oxygen atoms in total. The maximum absolute atomic E-state index is 13.8. The molecule has 2 aromatic carbocycles. The normalized spacial score (nSPS) is 14.3. The second-order valence-corrected chi connectivity index (χ2v) is 5.78. The van der Waals surface area contributed by atoms with Gasteiger partial charge in [0.15, 0.2) is 0 Å². The van der Waals surface area contributed by atoms with Crippen LogP contribution in [0, 0.1) is 12.7 Å². The first-order valence-electron chi connectivity index (χ1n) is 6.40. The van der Waals surface area contributed by atoms with Gasteiger partial charge in [-0.3, -0.25) is 9.59 Å². The van der Waals surface area contributed by atoms with E-state index in [-0.39, 0.29) is 12.3 Å².